The number of halogens is 1. The van der Waals surface area contributed by atoms with E-state index in [1.165, 1.54) is 0 Å². The lowest BCUT2D eigenvalue weighted by atomic mass is 10.00. The molecule has 2 heterocycles. The highest BCUT2D eigenvalue weighted by molar-refractivity contribution is 6.29. The highest BCUT2D eigenvalue weighted by Gasteiger charge is 2.16. The fourth-order valence-corrected chi connectivity index (χ4v) is 2.85. The molecule has 0 aliphatic rings. The molecule has 2 N–H and O–H groups in total. The van der Waals surface area contributed by atoms with Crippen LogP contribution in [0.1, 0.15) is 42.3 Å². The van der Waals surface area contributed by atoms with Crippen LogP contribution >= 0.6 is 11.6 Å². The third-order valence-electron chi connectivity index (χ3n) is 3.94. The van der Waals surface area contributed by atoms with Crippen molar-refractivity contribution in [1.82, 2.24) is 20.8 Å². The molecule has 1 unspecified atom stereocenters. The van der Waals surface area contributed by atoms with E-state index < -0.39 is 0 Å². The summed E-state index contributed by atoms with van der Waals surface area (Å²) in [6.07, 6.45) is 2.65. The van der Waals surface area contributed by atoms with Crippen molar-refractivity contribution in [3.63, 3.8) is 0 Å². The van der Waals surface area contributed by atoms with Gasteiger partial charge in [-0.2, -0.15) is 0 Å². The molecule has 0 aromatic carbocycles. The summed E-state index contributed by atoms with van der Waals surface area (Å²) in [6.45, 7) is 10.4. The van der Waals surface area contributed by atoms with Crippen LogP contribution in [0.4, 0.5) is 0 Å². The van der Waals surface area contributed by atoms with Gasteiger partial charge in [0, 0.05) is 37.3 Å². The molecule has 0 fully saturated rings. The summed E-state index contributed by atoms with van der Waals surface area (Å²) < 4.78 is 5.25. The highest BCUT2D eigenvalue weighted by atomic mass is 35.5. The first-order chi connectivity index (χ1) is 12.0. The Labute approximate surface area is 154 Å². The van der Waals surface area contributed by atoms with Gasteiger partial charge in [0.15, 0.2) is 5.96 Å². The smallest absolute Gasteiger partial charge is 0.191 e. The first kappa shape index (κ1) is 19.2. The van der Waals surface area contributed by atoms with Crippen molar-refractivity contribution in [1.29, 1.82) is 0 Å². The normalized spacial score (nSPS) is 12.9. The van der Waals surface area contributed by atoms with Crippen molar-refractivity contribution in [3.05, 3.63) is 46.1 Å². The van der Waals surface area contributed by atoms with Crippen molar-refractivity contribution < 1.29 is 4.52 Å². The molecule has 2 rings (SSSR count). The summed E-state index contributed by atoms with van der Waals surface area (Å²) in [5.41, 5.74) is 3.22. The van der Waals surface area contributed by atoms with Gasteiger partial charge in [0.2, 0.25) is 0 Å². The van der Waals surface area contributed by atoms with Crippen LogP contribution in [0.5, 0.6) is 0 Å². The second-order valence-corrected chi connectivity index (χ2v) is 6.41. The van der Waals surface area contributed by atoms with Crippen molar-refractivity contribution in [2.45, 2.75) is 40.0 Å². The third kappa shape index (κ3) is 5.74. The van der Waals surface area contributed by atoms with Crippen molar-refractivity contribution in [2.75, 3.05) is 19.6 Å². The molecule has 136 valence electrons. The number of rotatable bonds is 7. The molecule has 0 aliphatic carbocycles. The number of nitrogens with one attached hydrogen (secondary N) is 2. The van der Waals surface area contributed by atoms with Crippen LogP contribution in [-0.4, -0.2) is 35.7 Å². The molecule has 0 saturated heterocycles. The number of aliphatic imine (C=N–C) groups is 1. The molecule has 7 heteroatoms. The van der Waals surface area contributed by atoms with Gasteiger partial charge in [-0.15, -0.1) is 0 Å². The Morgan fingerprint density at radius 3 is 2.72 bits per heavy atom. The predicted molar refractivity (Wildman–Crippen MR) is 101 cm³/mol. The molecule has 0 saturated carbocycles. The van der Waals surface area contributed by atoms with Gasteiger partial charge in [-0.1, -0.05) is 29.7 Å². The zero-order chi connectivity index (χ0) is 18.2. The van der Waals surface area contributed by atoms with Gasteiger partial charge in [-0.3, -0.25) is 4.99 Å². The molecule has 0 amide bonds. The summed E-state index contributed by atoms with van der Waals surface area (Å²) in [5, 5.41) is 11.2. The van der Waals surface area contributed by atoms with E-state index in [0.29, 0.717) is 11.7 Å². The fourth-order valence-electron chi connectivity index (χ4n) is 2.73. The van der Waals surface area contributed by atoms with Crippen LogP contribution < -0.4 is 10.6 Å². The van der Waals surface area contributed by atoms with Gasteiger partial charge in [0.25, 0.3) is 0 Å². The summed E-state index contributed by atoms with van der Waals surface area (Å²) >= 11 is 5.81. The Bertz CT molecular complexity index is 676. The second-order valence-electron chi connectivity index (χ2n) is 6.02. The minimum Gasteiger partial charge on any atom is -0.361 e. The second kappa shape index (κ2) is 9.42. The topological polar surface area (TPSA) is 75.3 Å². The molecule has 1 atom stereocenters. The maximum atomic E-state index is 5.81. The number of aromatic nitrogens is 2. The van der Waals surface area contributed by atoms with Gasteiger partial charge in [0.05, 0.1) is 5.69 Å². The van der Waals surface area contributed by atoms with Crippen molar-refractivity contribution >= 4 is 17.6 Å². The Hall–Kier alpha value is -2.08. The number of nitrogens with zero attached hydrogens (tertiary/aromatic N) is 3. The molecule has 0 spiro atoms. The molecule has 2 aromatic heterocycles. The molecular weight excluding hydrogens is 338 g/mol. The number of aryl methyl sites for hydroxylation is 2. The van der Waals surface area contributed by atoms with Crippen LogP contribution in [0.15, 0.2) is 27.8 Å². The number of pyridine rings is 1. The molecular formula is C18H26ClN5O. The first-order valence-electron chi connectivity index (χ1n) is 8.56. The zero-order valence-corrected chi connectivity index (χ0v) is 16.0. The van der Waals surface area contributed by atoms with Gasteiger partial charge < -0.3 is 15.2 Å². The minimum absolute atomic E-state index is 0.252. The Morgan fingerprint density at radius 2 is 2.12 bits per heavy atom. The van der Waals surface area contributed by atoms with E-state index >= 15 is 0 Å². The highest BCUT2D eigenvalue weighted by Crippen LogP contribution is 2.23. The predicted octanol–water partition coefficient (Wildman–Crippen LogP) is 3.24. The maximum absolute atomic E-state index is 5.81. The molecule has 0 radical (unpaired) electrons. The molecule has 2 aromatic rings. The SMILES string of the molecule is CCNC(=NCC(C)c1c(C)noc1C)NCCc1ccc(Cl)nc1. The average Bonchev–Trinajstić information content (AvgIpc) is 2.93. The van der Waals surface area contributed by atoms with Gasteiger partial charge in [-0.25, -0.2) is 4.98 Å². The van der Waals surface area contributed by atoms with E-state index in [0.717, 1.165) is 48.1 Å². The number of hydrogen-bond acceptors (Lipinski definition) is 4. The summed E-state index contributed by atoms with van der Waals surface area (Å²) in [6, 6.07) is 3.79. The maximum Gasteiger partial charge on any atom is 0.191 e. The molecule has 0 aliphatic heterocycles. The van der Waals surface area contributed by atoms with Gasteiger partial charge >= 0.3 is 0 Å². The summed E-state index contributed by atoms with van der Waals surface area (Å²) in [5.74, 6) is 1.93. The van der Waals surface area contributed by atoms with Crippen LogP contribution in [0.3, 0.4) is 0 Å². The Kier molecular flexibility index (Phi) is 7.25. The zero-order valence-electron chi connectivity index (χ0n) is 15.3. The van der Waals surface area contributed by atoms with Gasteiger partial charge in [0.1, 0.15) is 10.9 Å². The quantitative estimate of drug-likeness (QED) is 0.448. The van der Waals surface area contributed by atoms with Crippen LogP contribution in [-0.2, 0) is 6.42 Å². The standard InChI is InChI=1S/C18H26ClN5O/c1-5-20-18(21-9-8-15-6-7-16(19)22-11-15)23-10-12(2)17-13(3)24-25-14(17)4/h6-7,11-12H,5,8-10H2,1-4H3,(H2,20,21,23). The first-order valence-corrected chi connectivity index (χ1v) is 8.94. The minimum atomic E-state index is 0.252. The van der Waals surface area contributed by atoms with Gasteiger partial charge in [-0.05, 0) is 38.8 Å². The lowest BCUT2D eigenvalue weighted by Gasteiger charge is -2.13. The lowest BCUT2D eigenvalue weighted by Crippen LogP contribution is -2.38. The van der Waals surface area contributed by atoms with E-state index in [4.69, 9.17) is 16.1 Å². The van der Waals surface area contributed by atoms with Crippen molar-refractivity contribution in [2.24, 2.45) is 4.99 Å². The van der Waals surface area contributed by atoms with E-state index in [9.17, 15) is 0 Å². The number of hydrogen-bond donors (Lipinski definition) is 2. The largest absolute Gasteiger partial charge is 0.361 e. The molecule has 6 nitrogen and oxygen atoms in total. The monoisotopic (exact) mass is 363 g/mol. The Morgan fingerprint density at radius 1 is 1.32 bits per heavy atom. The van der Waals surface area contributed by atoms with Crippen molar-refractivity contribution in [3.8, 4) is 0 Å². The average molecular weight is 364 g/mol. The summed E-state index contributed by atoms with van der Waals surface area (Å²) in [4.78, 5) is 8.78. The van der Waals surface area contributed by atoms with Crippen LogP contribution in [0.25, 0.3) is 0 Å². The fraction of sp³-hybridized carbons (Fsp3) is 0.500. The number of guanidine groups is 1. The third-order valence-corrected chi connectivity index (χ3v) is 4.17. The van der Waals surface area contributed by atoms with E-state index in [2.05, 4.69) is 39.6 Å². The van der Waals surface area contributed by atoms with E-state index in [1.807, 2.05) is 26.0 Å². The van der Waals surface area contributed by atoms with E-state index in [1.54, 1.807) is 6.20 Å². The van der Waals surface area contributed by atoms with E-state index in [-0.39, 0.29) is 5.92 Å². The molecule has 25 heavy (non-hydrogen) atoms. The lowest BCUT2D eigenvalue weighted by molar-refractivity contribution is 0.391. The van der Waals surface area contributed by atoms with Crippen LogP contribution in [0.2, 0.25) is 5.15 Å². The Balaban J connectivity index is 1.90. The van der Waals surface area contributed by atoms with Crippen LogP contribution in [0, 0.1) is 13.8 Å². The summed E-state index contributed by atoms with van der Waals surface area (Å²) in [7, 11) is 0. The molecule has 0 bridgehead atoms.